The van der Waals surface area contributed by atoms with Gasteiger partial charge in [0.05, 0.1) is 0 Å². The van der Waals surface area contributed by atoms with Crippen molar-refractivity contribution in [3.05, 3.63) is 35.4 Å². The molecule has 1 heteroatoms. The van der Waals surface area contributed by atoms with E-state index in [-0.39, 0.29) is 0 Å². The molecular weight excluding hydrogens is 151 g/mol. The number of benzene rings is 1. The zero-order valence-electron chi connectivity index (χ0n) is 7.31. The number of hydrogen-bond donors (Lipinski definition) is 0. The van der Waals surface area contributed by atoms with Crippen molar-refractivity contribution in [1.82, 2.24) is 0 Å². The standard InChI is InChI=1S/C11H13F/c1-9-3-2-4-10(7-9)8-11(12)5-6-11/h2-4,7H,5-6,8H2,1H3. The predicted octanol–water partition coefficient (Wildman–Crippen LogP) is 3.04. The lowest BCUT2D eigenvalue weighted by Gasteiger charge is -2.04. The summed E-state index contributed by atoms with van der Waals surface area (Å²) in [6.45, 7) is 2.04. The van der Waals surface area contributed by atoms with Crippen molar-refractivity contribution in [2.45, 2.75) is 31.9 Å². The third kappa shape index (κ3) is 1.66. The fourth-order valence-corrected chi connectivity index (χ4v) is 1.50. The van der Waals surface area contributed by atoms with Crippen molar-refractivity contribution in [2.24, 2.45) is 0 Å². The van der Waals surface area contributed by atoms with Gasteiger partial charge < -0.3 is 0 Å². The predicted molar refractivity (Wildman–Crippen MR) is 48.0 cm³/mol. The van der Waals surface area contributed by atoms with Gasteiger partial charge in [0.15, 0.2) is 0 Å². The van der Waals surface area contributed by atoms with Gasteiger partial charge >= 0.3 is 0 Å². The van der Waals surface area contributed by atoms with Gasteiger partial charge in [0.2, 0.25) is 0 Å². The molecule has 1 aromatic carbocycles. The molecule has 1 aliphatic rings. The van der Waals surface area contributed by atoms with Crippen molar-refractivity contribution in [3.8, 4) is 0 Å². The van der Waals surface area contributed by atoms with Gasteiger partial charge in [0.25, 0.3) is 0 Å². The Balaban J connectivity index is 2.12. The first kappa shape index (κ1) is 7.78. The largest absolute Gasteiger partial charge is 0.244 e. The maximum absolute atomic E-state index is 13.3. The molecule has 0 saturated heterocycles. The van der Waals surface area contributed by atoms with Gasteiger partial charge in [-0.25, -0.2) is 4.39 Å². The number of rotatable bonds is 2. The van der Waals surface area contributed by atoms with Crippen molar-refractivity contribution < 1.29 is 4.39 Å². The molecule has 0 aromatic heterocycles. The Morgan fingerprint density at radius 2 is 2.17 bits per heavy atom. The molecule has 0 aliphatic heterocycles. The lowest BCUT2D eigenvalue weighted by atomic mass is 10.1. The Morgan fingerprint density at radius 1 is 1.42 bits per heavy atom. The average Bonchev–Trinajstić information content (AvgIpc) is 2.67. The summed E-state index contributed by atoms with van der Waals surface area (Å²) in [6.07, 6.45) is 2.11. The second-order valence-electron chi connectivity index (χ2n) is 3.82. The van der Waals surface area contributed by atoms with Crippen LogP contribution in [0.5, 0.6) is 0 Å². The first-order valence-electron chi connectivity index (χ1n) is 4.42. The lowest BCUT2D eigenvalue weighted by Crippen LogP contribution is -2.03. The molecule has 0 nitrogen and oxygen atoms in total. The Hall–Kier alpha value is -0.850. The Labute approximate surface area is 72.4 Å². The molecule has 64 valence electrons. The van der Waals surface area contributed by atoms with Crippen LogP contribution in [0.15, 0.2) is 24.3 Å². The number of halogens is 1. The molecule has 1 fully saturated rings. The van der Waals surface area contributed by atoms with E-state index in [9.17, 15) is 4.39 Å². The molecular formula is C11H13F. The molecule has 0 heterocycles. The van der Waals surface area contributed by atoms with Crippen LogP contribution >= 0.6 is 0 Å². The van der Waals surface area contributed by atoms with E-state index in [0.717, 1.165) is 18.4 Å². The first-order valence-corrected chi connectivity index (χ1v) is 4.42. The molecule has 1 saturated carbocycles. The van der Waals surface area contributed by atoms with Crippen LogP contribution in [0.2, 0.25) is 0 Å². The number of aryl methyl sites for hydroxylation is 1. The fraction of sp³-hybridized carbons (Fsp3) is 0.455. The van der Waals surface area contributed by atoms with E-state index in [2.05, 4.69) is 6.07 Å². The molecule has 12 heavy (non-hydrogen) atoms. The van der Waals surface area contributed by atoms with E-state index >= 15 is 0 Å². The van der Waals surface area contributed by atoms with E-state index < -0.39 is 5.67 Å². The van der Waals surface area contributed by atoms with Crippen molar-refractivity contribution in [2.75, 3.05) is 0 Å². The molecule has 0 amide bonds. The van der Waals surface area contributed by atoms with Crippen molar-refractivity contribution >= 4 is 0 Å². The van der Waals surface area contributed by atoms with E-state index in [1.165, 1.54) is 5.56 Å². The van der Waals surface area contributed by atoms with E-state index in [4.69, 9.17) is 0 Å². The van der Waals surface area contributed by atoms with Crippen LogP contribution in [-0.4, -0.2) is 5.67 Å². The monoisotopic (exact) mass is 164 g/mol. The molecule has 1 aromatic rings. The molecule has 0 spiro atoms. The van der Waals surface area contributed by atoms with E-state index in [1.54, 1.807) is 0 Å². The van der Waals surface area contributed by atoms with Crippen LogP contribution in [0, 0.1) is 6.92 Å². The third-order valence-electron chi connectivity index (χ3n) is 2.40. The highest BCUT2D eigenvalue weighted by molar-refractivity contribution is 5.24. The molecule has 1 aliphatic carbocycles. The minimum Gasteiger partial charge on any atom is -0.244 e. The fourth-order valence-electron chi connectivity index (χ4n) is 1.50. The van der Waals surface area contributed by atoms with Gasteiger partial charge in [-0.05, 0) is 25.3 Å². The Morgan fingerprint density at radius 3 is 2.75 bits per heavy atom. The van der Waals surface area contributed by atoms with E-state index in [1.807, 2.05) is 25.1 Å². The Kier molecular flexibility index (Phi) is 1.67. The zero-order valence-corrected chi connectivity index (χ0v) is 7.31. The van der Waals surface area contributed by atoms with Crippen LogP contribution in [0.4, 0.5) is 4.39 Å². The van der Waals surface area contributed by atoms with Crippen LogP contribution in [-0.2, 0) is 6.42 Å². The first-order chi connectivity index (χ1) is 5.68. The second kappa shape index (κ2) is 2.58. The molecule has 0 atom stereocenters. The summed E-state index contributed by atoms with van der Waals surface area (Å²) in [5.41, 5.74) is 1.50. The van der Waals surface area contributed by atoms with Gasteiger partial charge in [0.1, 0.15) is 5.67 Å². The second-order valence-corrected chi connectivity index (χ2v) is 3.82. The summed E-state index contributed by atoms with van der Waals surface area (Å²) < 4.78 is 13.3. The lowest BCUT2D eigenvalue weighted by molar-refractivity contribution is 0.308. The third-order valence-corrected chi connectivity index (χ3v) is 2.40. The molecule has 2 rings (SSSR count). The summed E-state index contributed by atoms with van der Waals surface area (Å²) in [4.78, 5) is 0. The van der Waals surface area contributed by atoms with Gasteiger partial charge in [-0.15, -0.1) is 0 Å². The molecule has 0 N–H and O–H groups in total. The van der Waals surface area contributed by atoms with Crippen molar-refractivity contribution in [1.29, 1.82) is 0 Å². The average molecular weight is 164 g/mol. The quantitative estimate of drug-likeness (QED) is 0.630. The van der Waals surface area contributed by atoms with Crippen LogP contribution < -0.4 is 0 Å². The topological polar surface area (TPSA) is 0 Å². The Bertz CT molecular complexity index is 287. The van der Waals surface area contributed by atoms with Gasteiger partial charge in [0, 0.05) is 6.42 Å². The minimum absolute atomic E-state index is 0.606. The zero-order chi connectivity index (χ0) is 8.60. The van der Waals surface area contributed by atoms with Gasteiger partial charge in [-0.3, -0.25) is 0 Å². The SMILES string of the molecule is Cc1cccc(CC2(F)CC2)c1. The molecule has 0 bridgehead atoms. The summed E-state index contributed by atoms with van der Waals surface area (Å²) >= 11 is 0. The number of alkyl halides is 1. The molecule has 0 radical (unpaired) electrons. The maximum atomic E-state index is 13.3. The summed E-state index contributed by atoms with van der Waals surface area (Å²) in [7, 11) is 0. The van der Waals surface area contributed by atoms with Gasteiger partial charge in [-0.1, -0.05) is 29.8 Å². The number of hydrogen-bond acceptors (Lipinski definition) is 0. The highest BCUT2D eigenvalue weighted by Crippen LogP contribution is 2.42. The summed E-state index contributed by atoms with van der Waals surface area (Å²) in [5, 5.41) is 0. The van der Waals surface area contributed by atoms with Crippen LogP contribution in [0.25, 0.3) is 0 Å². The van der Waals surface area contributed by atoms with Crippen LogP contribution in [0.3, 0.4) is 0 Å². The van der Waals surface area contributed by atoms with Gasteiger partial charge in [-0.2, -0.15) is 0 Å². The smallest absolute Gasteiger partial charge is 0.115 e. The molecule has 0 unspecified atom stereocenters. The normalized spacial score (nSPS) is 19.2. The van der Waals surface area contributed by atoms with E-state index in [0.29, 0.717) is 6.42 Å². The van der Waals surface area contributed by atoms with Crippen LogP contribution in [0.1, 0.15) is 24.0 Å². The van der Waals surface area contributed by atoms with Crippen molar-refractivity contribution in [3.63, 3.8) is 0 Å². The highest BCUT2D eigenvalue weighted by Gasteiger charge is 2.42. The summed E-state index contributed by atoms with van der Waals surface area (Å²) in [6, 6.07) is 8.12. The minimum atomic E-state index is -0.853. The highest BCUT2D eigenvalue weighted by atomic mass is 19.1. The maximum Gasteiger partial charge on any atom is 0.115 e. The summed E-state index contributed by atoms with van der Waals surface area (Å²) in [5.74, 6) is 0.